The summed E-state index contributed by atoms with van der Waals surface area (Å²) in [7, 11) is 0. The Morgan fingerprint density at radius 1 is 1.61 bits per heavy atom. The first-order valence-electron chi connectivity index (χ1n) is 6.41. The van der Waals surface area contributed by atoms with Crippen LogP contribution in [0.15, 0.2) is 6.20 Å². The van der Waals surface area contributed by atoms with E-state index in [-0.39, 0.29) is 11.8 Å². The minimum Gasteiger partial charge on any atom is -0.390 e. The zero-order valence-corrected chi connectivity index (χ0v) is 11.2. The third-order valence-corrected chi connectivity index (χ3v) is 3.61. The summed E-state index contributed by atoms with van der Waals surface area (Å²) in [6, 6.07) is 0. The largest absolute Gasteiger partial charge is 0.390 e. The number of hydrogen-bond acceptors (Lipinski definition) is 3. The maximum Gasteiger partial charge on any atom is 0.289 e. The van der Waals surface area contributed by atoms with Crippen LogP contribution >= 0.6 is 0 Å². The number of carbonyl (C=O) groups excluding carboxylic acids is 1. The van der Waals surface area contributed by atoms with Gasteiger partial charge in [0.2, 0.25) is 0 Å². The molecule has 0 saturated carbocycles. The van der Waals surface area contributed by atoms with Crippen LogP contribution in [0.4, 0.5) is 0 Å². The Labute approximate surface area is 107 Å². The zero-order chi connectivity index (χ0) is 13.3. The van der Waals surface area contributed by atoms with Crippen LogP contribution in [0.25, 0.3) is 0 Å². The Hall–Kier alpha value is -1.36. The lowest BCUT2D eigenvalue weighted by atomic mass is 9.84. The van der Waals surface area contributed by atoms with Crippen molar-refractivity contribution < 1.29 is 9.90 Å². The second-order valence-corrected chi connectivity index (χ2v) is 5.66. The summed E-state index contributed by atoms with van der Waals surface area (Å²) < 4.78 is 0. The first kappa shape index (κ1) is 13.1. The number of carbonyl (C=O) groups is 1. The standard InChI is InChI=1S/C13H21N3O2/c1-9-7-14-11(15-9)12(17)16-6-4-5-10(8-16)13(2,3)18/h7,10,18H,4-6,8H2,1-3H3,(H,14,15). The number of rotatable bonds is 2. The Morgan fingerprint density at radius 3 is 2.89 bits per heavy atom. The van der Waals surface area contributed by atoms with Gasteiger partial charge in [-0.2, -0.15) is 0 Å². The van der Waals surface area contributed by atoms with E-state index in [1.165, 1.54) is 0 Å². The minimum atomic E-state index is -0.738. The normalized spacial score (nSPS) is 21.1. The quantitative estimate of drug-likeness (QED) is 0.833. The van der Waals surface area contributed by atoms with E-state index in [4.69, 9.17) is 0 Å². The van der Waals surface area contributed by atoms with Gasteiger partial charge < -0.3 is 15.0 Å². The first-order chi connectivity index (χ1) is 8.38. The van der Waals surface area contributed by atoms with Crippen molar-refractivity contribution in [2.24, 2.45) is 5.92 Å². The van der Waals surface area contributed by atoms with Crippen molar-refractivity contribution in [2.45, 2.75) is 39.2 Å². The maximum atomic E-state index is 12.2. The van der Waals surface area contributed by atoms with Crippen molar-refractivity contribution in [1.29, 1.82) is 0 Å². The molecule has 18 heavy (non-hydrogen) atoms. The van der Waals surface area contributed by atoms with E-state index in [1.807, 2.05) is 20.8 Å². The van der Waals surface area contributed by atoms with Crippen molar-refractivity contribution in [2.75, 3.05) is 13.1 Å². The fourth-order valence-corrected chi connectivity index (χ4v) is 2.41. The number of nitrogens with zero attached hydrogens (tertiary/aromatic N) is 2. The van der Waals surface area contributed by atoms with Crippen LogP contribution in [-0.2, 0) is 0 Å². The molecule has 1 unspecified atom stereocenters. The highest BCUT2D eigenvalue weighted by Crippen LogP contribution is 2.27. The summed E-state index contributed by atoms with van der Waals surface area (Å²) >= 11 is 0. The minimum absolute atomic E-state index is 0.0722. The van der Waals surface area contributed by atoms with E-state index in [0.717, 1.165) is 25.1 Å². The number of likely N-dealkylation sites (tertiary alicyclic amines) is 1. The van der Waals surface area contributed by atoms with Gasteiger partial charge in [0.25, 0.3) is 5.91 Å². The van der Waals surface area contributed by atoms with E-state index in [2.05, 4.69) is 9.97 Å². The SMILES string of the molecule is Cc1cnc(C(=O)N2CCCC(C(C)(C)O)C2)[nH]1. The van der Waals surface area contributed by atoms with Crippen LogP contribution in [-0.4, -0.2) is 44.6 Å². The van der Waals surface area contributed by atoms with E-state index in [0.29, 0.717) is 12.4 Å². The maximum absolute atomic E-state index is 12.2. The molecule has 0 aromatic carbocycles. The van der Waals surface area contributed by atoms with Gasteiger partial charge in [0.1, 0.15) is 0 Å². The van der Waals surface area contributed by atoms with Crippen LogP contribution in [0.2, 0.25) is 0 Å². The van der Waals surface area contributed by atoms with Crippen molar-refractivity contribution in [1.82, 2.24) is 14.9 Å². The van der Waals surface area contributed by atoms with Gasteiger partial charge in [0.05, 0.1) is 5.60 Å². The van der Waals surface area contributed by atoms with Crippen molar-refractivity contribution >= 4 is 5.91 Å². The molecule has 1 amide bonds. The third-order valence-electron chi connectivity index (χ3n) is 3.61. The Bertz CT molecular complexity index is 434. The van der Waals surface area contributed by atoms with Crippen molar-refractivity contribution in [3.63, 3.8) is 0 Å². The second-order valence-electron chi connectivity index (χ2n) is 5.66. The third kappa shape index (κ3) is 2.72. The molecule has 2 rings (SSSR count). The number of imidazole rings is 1. The molecule has 2 N–H and O–H groups in total. The molecule has 5 nitrogen and oxygen atoms in total. The van der Waals surface area contributed by atoms with E-state index in [1.54, 1.807) is 11.1 Å². The lowest BCUT2D eigenvalue weighted by Gasteiger charge is -2.38. The second kappa shape index (κ2) is 4.72. The average molecular weight is 251 g/mol. The summed E-state index contributed by atoms with van der Waals surface area (Å²) in [5.41, 5.74) is 0.146. The highest BCUT2D eigenvalue weighted by molar-refractivity contribution is 5.90. The smallest absolute Gasteiger partial charge is 0.289 e. The highest BCUT2D eigenvalue weighted by Gasteiger charge is 2.33. The van der Waals surface area contributed by atoms with E-state index < -0.39 is 5.60 Å². The fraction of sp³-hybridized carbons (Fsp3) is 0.692. The lowest BCUT2D eigenvalue weighted by molar-refractivity contribution is -0.0148. The number of aromatic nitrogens is 2. The van der Waals surface area contributed by atoms with Gasteiger partial charge in [0.15, 0.2) is 5.82 Å². The Kier molecular flexibility index (Phi) is 3.43. The first-order valence-corrected chi connectivity index (χ1v) is 6.41. The summed E-state index contributed by atoms with van der Waals surface area (Å²) in [6.45, 7) is 6.83. The molecule has 1 aromatic rings. The van der Waals surface area contributed by atoms with E-state index in [9.17, 15) is 9.90 Å². The number of nitrogens with one attached hydrogen (secondary N) is 1. The van der Waals surface area contributed by atoms with Gasteiger partial charge >= 0.3 is 0 Å². The molecular weight excluding hydrogens is 230 g/mol. The van der Waals surface area contributed by atoms with Gasteiger partial charge in [-0.3, -0.25) is 4.79 Å². The molecule has 0 radical (unpaired) electrons. The summed E-state index contributed by atoms with van der Waals surface area (Å²) in [4.78, 5) is 21.0. The van der Waals surface area contributed by atoms with Gasteiger partial charge in [-0.05, 0) is 33.6 Å². The summed E-state index contributed by atoms with van der Waals surface area (Å²) in [5, 5.41) is 10.1. The number of amides is 1. The molecule has 1 fully saturated rings. The molecule has 0 spiro atoms. The highest BCUT2D eigenvalue weighted by atomic mass is 16.3. The molecule has 5 heteroatoms. The van der Waals surface area contributed by atoms with Crippen LogP contribution in [0.3, 0.4) is 0 Å². The number of aliphatic hydroxyl groups is 1. The van der Waals surface area contributed by atoms with Crippen molar-refractivity contribution in [3.05, 3.63) is 17.7 Å². The molecule has 100 valence electrons. The molecule has 1 aliphatic heterocycles. The molecule has 0 aliphatic carbocycles. The summed E-state index contributed by atoms with van der Waals surface area (Å²) in [6.07, 6.45) is 3.55. The number of aromatic amines is 1. The topological polar surface area (TPSA) is 69.2 Å². The number of hydrogen-bond donors (Lipinski definition) is 2. The van der Waals surface area contributed by atoms with Gasteiger partial charge in [-0.15, -0.1) is 0 Å². The van der Waals surface area contributed by atoms with Crippen LogP contribution in [0.5, 0.6) is 0 Å². The molecule has 1 atom stereocenters. The molecular formula is C13H21N3O2. The number of aryl methyl sites for hydroxylation is 1. The van der Waals surface area contributed by atoms with Crippen molar-refractivity contribution in [3.8, 4) is 0 Å². The molecule has 2 heterocycles. The van der Waals surface area contributed by atoms with Gasteiger partial charge in [-0.25, -0.2) is 4.98 Å². The predicted molar refractivity (Wildman–Crippen MR) is 68.3 cm³/mol. The Morgan fingerprint density at radius 2 is 2.33 bits per heavy atom. The van der Waals surface area contributed by atoms with Crippen LogP contribution < -0.4 is 0 Å². The molecule has 0 bridgehead atoms. The summed E-state index contributed by atoms with van der Waals surface area (Å²) in [5.74, 6) is 0.451. The average Bonchev–Trinajstić information content (AvgIpc) is 2.74. The van der Waals surface area contributed by atoms with Gasteiger partial charge in [0, 0.05) is 30.9 Å². The zero-order valence-electron chi connectivity index (χ0n) is 11.2. The van der Waals surface area contributed by atoms with Crippen LogP contribution in [0.1, 0.15) is 43.0 Å². The number of H-pyrrole nitrogens is 1. The van der Waals surface area contributed by atoms with Gasteiger partial charge in [-0.1, -0.05) is 0 Å². The lowest BCUT2D eigenvalue weighted by Crippen LogP contribution is -2.47. The molecule has 1 saturated heterocycles. The van der Waals surface area contributed by atoms with E-state index >= 15 is 0 Å². The fourth-order valence-electron chi connectivity index (χ4n) is 2.41. The Balaban J connectivity index is 2.07. The van der Waals surface area contributed by atoms with Crippen LogP contribution in [0, 0.1) is 12.8 Å². The number of piperidine rings is 1. The predicted octanol–water partition coefficient (Wildman–Crippen LogP) is 1.34. The monoisotopic (exact) mass is 251 g/mol. The molecule has 1 aliphatic rings. The molecule has 1 aromatic heterocycles.